The Kier molecular flexibility index (Phi) is 5.37. The number of hydrogen-bond donors (Lipinski definition) is 0. The first-order chi connectivity index (χ1) is 6.86. The quantitative estimate of drug-likeness (QED) is 0.383. The lowest BCUT2D eigenvalue weighted by molar-refractivity contribution is 0.0921. The molecule has 0 bridgehead atoms. The van der Waals surface area contributed by atoms with Crippen molar-refractivity contribution in [2.45, 2.75) is 12.8 Å². The van der Waals surface area contributed by atoms with Crippen LogP contribution in [-0.4, -0.2) is 44.8 Å². The molecule has 0 spiro atoms. The van der Waals surface area contributed by atoms with E-state index >= 15 is 0 Å². The summed E-state index contributed by atoms with van der Waals surface area (Å²) in [5, 5.41) is 3.54. The first-order valence-electron chi connectivity index (χ1n) is 5.09. The third-order valence-corrected chi connectivity index (χ3v) is 2.58. The number of azide groups is 1. The van der Waals surface area contributed by atoms with E-state index in [0.29, 0.717) is 12.5 Å². The van der Waals surface area contributed by atoms with Crippen LogP contribution in [0.25, 0.3) is 10.4 Å². The molecule has 5 nitrogen and oxygen atoms in total. The molecular formula is C9H18N4O. The lowest BCUT2D eigenvalue weighted by Gasteiger charge is -2.31. The molecule has 0 aromatic heterocycles. The van der Waals surface area contributed by atoms with Gasteiger partial charge in [-0.2, -0.15) is 0 Å². The highest BCUT2D eigenvalue weighted by Crippen LogP contribution is 2.15. The second kappa shape index (κ2) is 6.65. The van der Waals surface area contributed by atoms with Crippen LogP contribution in [0.1, 0.15) is 12.8 Å². The molecule has 1 fully saturated rings. The molecule has 1 rings (SSSR count). The monoisotopic (exact) mass is 198 g/mol. The van der Waals surface area contributed by atoms with Gasteiger partial charge in [-0.15, -0.1) is 0 Å². The van der Waals surface area contributed by atoms with E-state index in [9.17, 15) is 0 Å². The zero-order valence-electron chi connectivity index (χ0n) is 8.72. The van der Waals surface area contributed by atoms with Crippen LogP contribution >= 0.6 is 0 Å². The Balaban J connectivity index is 2.21. The van der Waals surface area contributed by atoms with E-state index in [0.717, 1.165) is 26.2 Å². The van der Waals surface area contributed by atoms with Gasteiger partial charge in [0.1, 0.15) is 0 Å². The molecule has 0 saturated carbocycles. The summed E-state index contributed by atoms with van der Waals surface area (Å²) in [6.45, 7) is 4.51. The highest BCUT2D eigenvalue weighted by atomic mass is 16.5. The zero-order valence-corrected chi connectivity index (χ0v) is 8.72. The van der Waals surface area contributed by atoms with E-state index in [1.807, 2.05) is 0 Å². The van der Waals surface area contributed by atoms with Crippen molar-refractivity contribution >= 4 is 0 Å². The number of ether oxygens (including phenoxy) is 1. The van der Waals surface area contributed by atoms with E-state index < -0.39 is 0 Å². The topological polar surface area (TPSA) is 61.2 Å². The fourth-order valence-corrected chi connectivity index (χ4v) is 1.96. The van der Waals surface area contributed by atoms with E-state index in [-0.39, 0.29) is 0 Å². The molecule has 80 valence electrons. The van der Waals surface area contributed by atoms with Gasteiger partial charge in [-0.3, -0.25) is 0 Å². The van der Waals surface area contributed by atoms with Crippen molar-refractivity contribution in [2.75, 3.05) is 39.9 Å². The highest BCUT2D eigenvalue weighted by molar-refractivity contribution is 4.73. The van der Waals surface area contributed by atoms with Crippen LogP contribution in [0.3, 0.4) is 0 Å². The molecule has 1 aliphatic heterocycles. The van der Waals surface area contributed by atoms with Crippen LogP contribution in [-0.2, 0) is 4.74 Å². The van der Waals surface area contributed by atoms with Gasteiger partial charge in [-0.1, -0.05) is 5.11 Å². The molecule has 1 heterocycles. The fourth-order valence-electron chi connectivity index (χ4n) is 1.96. The summed E-state index contributed by atoms with van der Waals surface area (Å²) >= 11 is 0. The number of methoxy groups -OCH3 is 1. The van der Waals surface area contributed by atoms with Crippen LogP contribution in [0.5, 0.6) is 0 Å². The highest BCUT2D eigenvalue weighted by Gasteiger charge is 2.18. The minimum atomic E-state index is 0.580. The standard InChI is InChI=1S/C9H18N4O/c1-14-8-9-3-2-5-13(7-9)6-4-11-12-10/h9H,2-8H2,1H3/t9-/m0/s1. The van der Waals surface area contributed by atoms with Crippen LogP contribution < -0.4 is 0 Å². The summed E-state index contributed by atoms with van der Waals surface area (Å²) in [5.74, 6) is 0.653. The molecule has 0 aliphatic carbocycles. The second-order valence-corrected chi connectivity index (χ2v) is 3.72. The predicted molar refractivity (Wildman–Crippen MR) is 55.1 cm³/mol. The van der Waals surface area contributed by atoms with Crippen molar-refractivity contribution < 1.29 is 4.74 Å². The maximum atomic E-state index is 8.15. The number of nitrogens with zero attached hydrogens (tertiary/aromatic N) is 4. The Morgan fingerprint density at radius 1 is 1.64 bits per heavy atom. The molecule has 1 atom stereocenters. The molecule has 0 radical (unpaired) electrons. The first-order valence-corrected chi connectivity index (χ1v) is 5.09. The number of piperidine rings is 1. The van der Waals surface area contributed by atoms with Gasteiger partial charge >= 0.3 is 0 Å². The van der Waals surface area contributed by atoms with E-state index in [1.165, 1.54) is 12.8 Å². The molecule has 0 aromatic rings. The van der Waals surface area contributed by atoms with Gasteiger partial charge in [0, 0.05) is 31.7 Å². The number of rotatable bonds is 5. The molecule has 0 unspecified atom stereocenters. The SMILES string of the molecule is COC[C@H]1CCCN(CCN=[N+]=[N-])C1. The second-order valence-electron chi connectivity index (χ2n) is 3.72. The van der Waals surface area contributed by atoms with Gasteiger partial charge in [0.2, 0.25) is 0 Å². The van der Waals surface area contributed by atoms with Crippen molar-refractivity contribution in [2.24, 2.45) is 11.0 Å². The van der Waals surface area contributed by atoms with Crippen molar-refractivity contribution in [3.05, 3.63) is 10.4 Å². The van der Waals surface area contributed by atoms with Crippen LogP contribution in [0, 0.1) is 5.92 Å². The zero-order chi connectivity index (χ0) is 10.2. The minimum Gasteiger partial charge on any atom is -0.384 e. The third kappa shape index (κ3) is 3.96. The first kappa shape index (κ1) is 11.3. The molecule has 5 heteroatoms. The van der Waals surface area contributed by atoms with Crippen molar-refractivity contribution in [3.8, 4) is 0 Å². The average molecular weight is 198 g/mol. The molecule has 1 saturated heterocycles. The summed E-state index contributed by atoms with van der Waals surface area (Å²) in [6.07, 6.45) is 2.48. The van der Waals surface area contributed by atoms with Gasteiger partial charge in [0.25, 0.3) is 0 Å². The molecule has 14 heavy (non-hydrogen) atoms. The summed E-state index contributed by atoms with van der Waals surface area (Å²) in [6, 6.07) is 0. The molecular weight excluding hydrogens is 180 g/mol. The third-order valence-electron chi connectivity index (χ3n) is 2.58. The maximum Gasteiger partial charge on any atom is 0.0502 e. The normalized spacial score (nSPS) is 23.1. The summed E-state index contributed by atoms with van der Waals surface area (Å²) < 4.78 is 5.15. The Hall–Kier alpha value is -0.770. The fraction of sp³-hybridized carbons (Fsp3) is 1.00. The van der Waals surface area contributed by atoms with Crippen LogP contribution in [0.4, 0.5) is 0 Å². The Labute approximate surface area is 84.7 Å². The van der Waals surface area contributed by atoms with Crippen molar-refractivity contribution in [1.29, 1.82) is 0 Å². The van der Waals surface area contributed by atoms with Gasteiger partial charge in [0.05, 0.1) is 6.61 Å². The van der Waals surface area contributed by atoms with Crippen molar-refractivity contribution in [3.63, 3.8) is 0 Å². The van der Waals surface area contributed by atoms with Gasteiger partial charge in [-0.25, -0.2) is 0 Å². The average Bonchev–Trinajstić information content (AvgIpc) is 2.19. The summed E-state index contributed by atoms with van der Waals surface area (Å²) in [7, 11) is 1.75. The lowest BCUT2D eigenvalue weighted by Crippen LogP contribution is -2.38. The molecule has 0 amide bonds. The largest absolute Gasteiger partial charge is 0.384 e. The Bertz CT molecular complexity index is 201. The minimum absolute atomic E-state index is 0.580. The number of hydrogen-bond acceptors (Lipinski definition) is 3. The maximum absolute atomic E-state index is 8.15. The van der Waals surface area contributed by atoms with Gasteiger partial charge in [0.15, 0.2) is 0 Å². The van der Waals surface area contributed by atoms with Gasteiger partial charge in [-0.05, 0) is 30.8 Å². The molecule has 0 aromatic carbocycles. The summed E-state index contributed by atoms with van der Waals surface area (Å²) in [5.41, 5.74) is 8.15. The predicted octanol–water partition coefficient (Wildman–Crippen LogP) is 1.66. The molecule has 1 aliphatic rings. The smallest absolute Gasteiger partial charge is 0.0502 e. The van der Waals surface area contributed by atoms with Crippen molar-refractivity contribution in [1.82, 2.24) is 4.90 Å². The Morgan fingerprint density at radius 2 is 2.50 bits per heavy atom. The summed E-state index contributed by atoms with van der Waals surface area (Å²) in [4.78, 5) is 5.10. The lowest BCUT2D eigenvalue weighted by atomic mass is 9.99. The molecule has 0 N–H and O–H groups in total. The Morgan fingerprint density at radius 3 is 3.21 bits per heavy atom. The van der Waals surface area contributed by atoms with E-state index in [1.54, 1.807) is 7.11 Å². The van der Waals surface area contributed by atoms with E-state index in [2.05, 4.69) is 14.9 Å². The van der Waals surface area contributed by atoms with Crippen LogP contribution in [0.2, 0.25) is 0 Å². The van der Waals surface area contributed by atoms with Gasteiger partial charge < -0.3 is 9.64 Å². The van der Waals surface area contributed by atoms with E-state index in [4.69, 9.17) is 10.3 Å². The van der Waals surface area contributed by atoms with Crippen LogP contribution in [0.15, 0.2) is 5.11 Å². The number of likely N-dealkylation sites (tertiary alicyclic amines) is 1.